The fourth-order valence-electron chi connectivity index (χ4n) is 3.28. The Labute approximate surface area is 109 Å². The predicted molar refractivity (Wildman–Crippen MR) is 72.2 cm³/mol. The summed E-state index contributed by atoms with van der Waals surface area (Å²) in [5.41, 5.74) is 1.49. The number of hydrogen-bond acceptors (Lipinski definition) is 3. The Morgan fingerprint density at radius 3 is 2.44 bits per heavy atom. The van der Waals surface area contributed by atoms with Crippen LogP contribution in [0.15, 0.2) is 30.3 Å². The predicted octanol–water partition coefficient (Wildman–Crippen LogP) is 1.25. The monoisotopic (exact) mass is 265 g/mol. The van der Waals surface area contributed by atoms with E-state index < -0.39 is 9.84 Å². The highest BCUT2D eigenvalue weighted by molar-refractivity contribution is 7.91. The van der Waals surface area contributed by atoms with Crippen LogP contribution >= 0.6 is 0 Å². The Morgan fingerprint density at radius 1 is 1.22 bits per heavy atom. The van der Waals surface area contributed by atoms with E-state index in [2.05, 4.69) is 29.6 Å². The summed E-state index contributed by atoms with van der Waals surface area (Å²) in [6, 6.07) is 10.4. The fraction of sp³-hybridized carbons (Fsp3) is 0.571. The standard InChI is InChI=1S/C14H19NO2S/c16-18(17)7-6-13(9-18)14(10-15-11-14)8-12-4-2-1-3-5-12/h1-5,13,15H,6-11H2. The summed E-state index contributed by atoms with van der Waals surface area (Å²) in [6.45, 7) is 1.92. The van der Waals surface area contributed by atoms with Gasteiger partial charge in [-0.3, -0.25) is 0 Å². The van der Waals surface area contributed by atoms with Crippen molar-refractivity contribution in [2.45, 2.75) is 12.8 Å². The molecule has 4 heteroatoms. The molecule has 0 spiro atoms. The molecule has 1 aromatic rings. The Morgan fingerprint density at radius 2 is 1.94 bits per heavy atom. The zero-order valence-corrected chi connectivity index (χ0v) is 11.2. The highest BCUT2D eigenvalue weighted by Gasteiger charge is 2.48. The van der Waals surface area contributed by atoms with E-state index in [0.29, 0.717) is 17.4 Å². The lowest BCUT2D eigenvalue weighted by Gasteiger charge is -2.47. The highest BCUT2D eigenvalue weighted by Crippen LogP contribution is 2.41. The Bertz CT molecular complexity index is 520. The third-order valence-corrected chi connectivity index (χ3v) is 6.22. The van der Waals surface area contributed by atoms with Crippen molar-refractivity contribution < 1.29 is 8.42 Å². The van der Waals surface area contributed by atoms with Gasteiger partial charge in [0.05, 0.1) is 11.5 Å². The van der Waals surface area contributed by atoms with Crippen LogP contribution in [0, 0.1) is 11.3 Å². The minimum atomic E-state index is -2.77. The van der Waals surface area contributed by atoms with Crippen LogP contribution in [0.3, 0.4) is 0 Å². The smallest absolute Gasteiger partial charge is 0.150 e. The second-order valence-electron chi connectivity index (χ2n) is 5.73. The molecular formula is C14H19NO2S. The van der Waals surface area contributed by atoms with Crippen molar-refractivity contribution in [1.29, 1.82) is 0 Å². The van der Waals surface area contributed by atoms with Crippen LogP contribution in [0.4, 0.5) is 0 Å². The number of sulfone groups is 1. The molecular weight excluding hydrogens is 246 g/mol. The molecule has 2 saturated heterocycles. The molecule has 2 heterocycles. The van der Waals surface area contributed by atoms with Crippen molar-refractivity contribution in [2.24, 2.45) is 11.3 Å². The summed E-state index contributed by atoms with van der Waals surface area (Å²) in [5, 5.41) is 3.33. The van der Waals surface area contributed by atoms with Gasteiger partial charge in [0.15, 0.2) is 9.84 Å². The van der Waals surface area contributed by atoms with Crippen LogP contribution < -0.4 is 5.32 Å². The molecule has 2 fully saturated rings. The molecule has 2 aliphatic rings. The molecule has 2 aliphatic heterocycles. The molecule has 18 heavy (non-hydrogen) atoms. The normalized spacial score (nSPS) is 28.8. The molecule has 0 aliphatic carbocycles. The van der Waals surface area contributed by atoms with Gasteiger partial charge in [-0.05, 0) is 24.3 Å². The highest BCUT2D eigenvalue weighted by atomic mass is 32.2. The van der Waals surface area contributed by atoms with Crippen molar-refractivity contribution >= 4 is 9.84 Å². The van der Waals surface area contributed by atoms with Gasteiger partial charge in [-0.15, -0.1) is 0 Å². The molecule has 0 amide bonds. The molecule has 0 saturated carbocycles. The van der Waals surface area contributed by atoms with E-state index in [1.807, 2.05) is 6.07 Å². The van der Waals surface area contributed by atoms with Crippen LogP contribution in [-0.4, -0.2) is 33.0 Å². The van der Waals surface area contributed by atoms with E-state index in [1.165, 1.54) is 5.56 Å². The molecule has 98 valence electrons. The summed E-state index contributed by atoms with van der Waals surface area (Å²) in [6.07, 6.45) is 1.85. The van der Waals surface area contributed by atoms with Crippen molar-refractivity contribution in [3.8, 4) is 0 Å². The average molecular weight is 265 g/mol. The lowest BCUT2D eigenvalue weighted by Crippen LogP contribution is -2.59. The van der Waals surface area contributed by atoms with E-state index >= 15 is 0 Å². The molecule has 1 atom stereocenters. The van der Waals surface area contributed by atoms with Gasteiger partial charge < -0.3 is 5.32 Å². The van der Waals surface area contributed by atoms with Crippen LogP contribution in [-0.2, 0) is 16.3 Å². The second-order valence-corrected chi connectivity index (χ2v) is 7.96. The largest absolute Gasteiger partial charge is 0.315 e. The maximum atomic E-state index is 11.7. The van der Waals surface area contributed by atoms with Gasteiger partial charge in [-0.25, -0.2) is 8.42 Å². The number of hydrogen-bond donors (Lipinski definition) is 1. The number of rotatable bonds is 3. The molecule has 0 aromatic heterocycles. The minimum Gasteiger partial charge on any atom is -0.315 e. The summed E-state index contributed by atoms with van der Waals surface area (Å²) in [7, 11) is -2.77. The summed E-state index contributed by atoms with van der Waals surface area (Å²) < 4.78 is 23.3. The summed E-state index contributed by atoms with van der Waals surface area (Å²) >= 11 is 0. The first-order valence-electron chi connectivity index (χ1n) is 6.55. The minimum absolute atomic E-state index is 0.172. The van der Waals surface area contributed by atoms with Crippen LogP contribution in [0.5, 0.6) is 0 Å². The van der Waals surface area contributed by atoms with Crippen LogP contribution in [0.2, 0.25) is 0 Å². The molecule has 1 unspecified atom stereocenters. The average Bonchev–Trinajstić information content (AvgIpc) is 2.66. The van der Waals surface area contributed by atoms with E-state index in [1.54, 1.807) is 0 Å². The van der Waals surface area contributed by atoms with E-state index in [0.717, 1.165) is 25.9 Å². The van der Waals surface area contributed by atoms with E-state index in [9.17, 15) is 8.42 Å². The quantitative estimate of drug-likeness (QED) is 0.895. The molecule has 1 N–H and O–H groups in total. The van der Waals surface area contributed by atoms with E-state index in [4.69, 9.17) is 0 Å². The first-order chi connectivity index (χ1) is 8.60. The third-order valence-electron chi connectivity index (χ3n) is 4.45. The SMILES string of the molecule is O=S1(=O)CCC(C2(Cc3ccccc3)CNC2)C1. The molecule has 0 radical (unpaired) electrons. The van der Waals surface area contributed by atoms with Gasteiger partial charge in [-0.1, -0.05) is 30.3 Å². The summed E-state index contributed by atoms with van der Waals surface area (Å²) in [5.74, 6) is 1.11. The fourth-order valence-corrected chi connectivity index (χ4v) is 5.23. The van der Waals surface area contributed by atoms with Crippen molar-refractivity contribution in [3.05, 3.63) is 35.9 Å². The van der Waals surface area contributed by atoms with Gasteiger partial charge >= 0.3 is 0 Å². The first kappa shape index (κ1) is 12.2. The third kappa shape index (κ3) is 2.19. The molecule has 0 bridgehead atoms. The topological polar surface area (TPSA) is 46.2 Å². The Balaban J connectivity index is 1.79. The second kappa shape index (κ2) is 4.35. The number of nitrogens with one attached hydrogen (secondary N) is 1. The lowest BCUT2D eigenvalue weighted by molar-refractivity contribution is 0.0925. The zero-order valence-electron chi connectivity index (χ0n) is 10.4. The summed E-state index contributed by atoms with van der Waals surface area (Å²) in [4.78, 5) is 0. The van der Waals surface area contributed by atoms with E-state index in [-0.39, 0.29) is 5.41 Å². The Hall–Kier alpha value is -0.870. The number of benzene rings is 1. The van der Waals surface area contributed by atoms with Crippen molar-refractivity contribution in [2.75, 3.05) is 24.6 Å². The van der Waals surface area contributed by atoms with Gasteiger partial charge in [0.1, 0.15) is 0 Å². The van der Waals surface area contributed by atoms with Crippen molar-refractivity contribution in [3.63, 3.8) is 0 Å². The maximum Gasteiger partial charge on any atom is 0.150 e. The molecule has 3 rings (SSSR count). The van der Waals surface area contributed by atoms with Crippen LogP contribution in [0.25, 0.3) is 0 Å². The zero-order chi connectivity index (χ0) is 12.6. The Kier molecular flexibility index (Phi) is 2.94. The molecule has 3 nitrogen and oxygen atoms in total. The van der Waals surface area contributed by atoms with Gasteiger partial charge in [0.25, 0.3) is 0 Å². The van der Waals surface area contributed by atoms with Crippen LogP contribution in [0.1, 0.15) is 12.0 Å². The maximum absolute atomic E-state index is 11.7. The lowest BCUT2D eigenvalue weighted by atomic mass is 9.67. The van der Waals surface area contributed by atoms with Gasteiger partial charge in [-0.2, -0.15) is 0 Å². The van der Waals surface area contributed by atoms with Gasteiger partial charge in [0, 0.05) is 18.5 Å². The first-order valence-corrected chi connectivity index (χ1v) is 8.37. The van der Waals surface area contributed by atoms with Gasteiger partial charge in [0.2, 0.25) is 0 Å². The van der Waals surface area contributed by atoms with Crippen molar-refractivity contribution in [1.82, 2.24) is 5.32 Å². The molecule has 1 aromatic carbocycles.